The molecule has 0 aliphatic carbocycles. The van der Waals surface area contributed by atoms with E-state index in [1.54, 1.807) is 4.90 Å². The molecule has 1 amide bonds. The molecule has 1 rings (SSSR count). The van der Waals surface area contributed by atoms with Crippen molar-refractivity contribution in [1.29, 1.82) is 0 Å². The van der Waals surface area contributed by atoms with Gasteiger partial charge in [0, 0.05) is 6.54 Å². The first-order valence-electron chi connectivity index (χ1n) is 6.68. The molecule has 108 valence electrons. The van der Waals surface area contributed by atoms with Gasteiger partial charge in [-0.15, -0.1) is 5.10 Å². The fourth-order valence-corrected chi connectivity index (χ4v) is 1.70. The van der Waals surface area contributed by atoms with E-state index in [-0.39, 0.29) is 12.6 Å². The van der Waals surface area contributed by atoms with Crippen molar-refractivity contribution >= 4 is 11.9 Å². The van der Waals surface area contributed by atoms with E-state index in [0.717, 1.165) is 19.4 Å². The molecule has 1 atom stereocenters. The van der Waals surface area contributed by atoms with Crippen LogP contribution in [0.4, 0.5) is 6.01 Å². The second-order valence-corrected chi connectivity index (χ2v) is 4.44. The highest BCUT2D eigenvalue weighted by Gasteiger charge is 2.18. The van der Waals surface area contributed by atoms with Crippen LogP contribution >= 0.6 is 0 Å². The van der Waals surface area contributed by atoms with Gasteiger partial charge >= 0.3 is 6.01 Å². The van der Waals surface area contributed by atoms with Crippen LogP contribution in [0.15, 0.2) is 4.42 Å². The van der Waals surface area contributed by atoms with Gasteiger partial charge < -0.3 is 20.4 Å². The topological polar surface area (TPSA) is 97.3 Å². The van der Waals surface area contributed by atoms with E-state index in [1.807, 2.05) is 13.8 Å². The van der Waals surface area contributed by atoms with Crippen LogP contribution in [0, 0.1) is 0 Å². The number of hydrogen-bond donors (Lipinski definition) is 2. The van der Waals surface area contributed by atoms with E-state index in [1.165, 1.54) is 0 Å². The molecule has 0 aliphatic rings. The van der Waals surface area contributed by atoms with E-state index in [4.69, 9.17) is 10.2 Å². The quantitative estimate of drug-likeness (QED) is 0.689. The van der Waals surface area contributed by atoms with E-state index >= 15 is 0 Å². The SMILES string of the molecule is CCCCN(CC(N)=O)c1nnc(C(C)NCC)o1. The van der Waals surface area contributed by atoms with Crippen LogP contribution in [-0.2, 0) is 4.79 Å². The van der Waals surface area contributed by atoms with Gasteiger partial charge in [0.05, 0.1) is 6.04 Å². The number of nitrogens with two attached hydrogens (primary N) is 1. The first kappa shape index (κ1) is 15.4. The maximum Gasteiger partial charge on any atom is 0.318 e. The van der Waals surface area contributed by atoms with Crippen molar-refractivity contribution in [3.63, 3.8) is 0 Å². The van der Waals surface area contributed by atoms with E-state index in [0.29, 0.717) is 18.5 Å². The molecule has 1 aromatic heterocycles. The number of carbonyl (C=O) groups is 1. The number of nitrogens with one attached hydrogen (secondary N) is 1. The number of carbonyl (C=O) groups excluding carboxylic acids is 1. The first-order chi connectivity index (χ1) is 9.08. The summed E-state index contributed by atoms with van der Waals surface area (Å²) >= 11 is 0. The lowest BCUT2D eigenvalue weighted by Crippen LogP contribution is -2.34. The lowest BCUT2D eigenvalue weighted by molar-refractivity contribution is -0.116. The Labute approximate surface area is 113 Å². The van der Waals surface area contributed by atoms with Gasteiger partial charge in [-0.25, -0.2) is 0 Å². The maximum atomic E-state index is 11.1. The summed E-state index contributed by atoms with van der Waals surface area (Å²) in [5, 5.41) is 11.2. The van der Waals surface area contributed by atoms with Crippen LogP contribution in [0.1, 0.15) is 45.5 Å². The van der Waals surface area contributed by atoms with E-state index in [9.17, 15) is 4.79 Å². The van der Waals surface area contributed by atoms with Gasteiger partial charge in [-0.3, -0.25) is 4.79 Å². The summed E-state index contributed by atoms with van der Waals surface area (Å²) in [5.41, 5.74) is 5.23. The Bertz CT molecular complexity index is 393. The third-order valence-corrected chi connectivity index (χ3v) is 2.71. The summed E-state index contributed by atoms with van der Waals surface area (Å²) < 4.78 is 5.59. The van der Waals surface area contributed by atoms with Crippen LogP contribution in [0.3, 0.4) is 0 Å². The van der Waals surface area contributed by atoms with Gasteiger partial charge in [0.25, 0.3) is 0 Å². The predicted molar refractivity (Wildman–Crippen MR) is 72.7 cm³/mol. The Morgan fingerprint density at radius 3 is 2.79 bits per heavy atom. The average molecular weight is 269 g/mol. The van der Waals surface area contributed by atoms with Crippen molar-refractivity contribution < 1.29 is 9.21 Å². The van der Waals surface area contributed by atoms with Gasteiger partial charge in [-0.1, -0.05) is 25.4 Å². The largest absolute Gasteiger partial charge is 0.406 e. The Kier molecular flexibility index (Phi) is 6.27. The van der Waals surface area contributed by atoms with Crippen LogP contribution < -0.4 is 16.0 Å². The molecule has 7 nitrogen and oxygen atoms in total. The second-order valence-electron chi connectivity index (χ2n) is 4.44. The van der Waals surface area contributed by atoms with Crippen molar-refractivity contribution in [3.8, 4) is 0 Å². The van der Waals surface area contributed by atoms with Crippen molar-refractivity contribution in [1.82, 2.24) is 15.5 Å². The number of nitrogens with zero attached hydrogens (tertiary/aromatic N) is 3. The Balaban J connectivity index is 2.75. The second kappa shape index (κ2) is 7.73. The average Bonchev–Trinajstić information content (AvgIpc) is 2.84. The molecule has 1 aromatic rings. The molecule has 3 N–H and O–H groups in total. The molecule has 0 radical (unpaired) electrons. The number of anilines is 1. The summed E-state index contributed by atoms with van der Waals surface area (Å²) in [6, 6.07) is 0.347. The molecule has 0 spiro atoms. The Hall–Kier alpha value is -1.63. The van der Waals surface area contributed by atoms with Crippen LogP contribution in [0.2, 0.25) is 0 Å². The van der Waals surface area contributed by atoms with Gasteiger partial charge in [-0.05, 0) is 19.9 Å². The summed E-state index contributed by atoms with van der Waals surface area (Å²) in [6.07, 6.45) is 1.96. The minimum absolute atomic E-state index is 0.00662. The fraction of sp³-hybridized carbons (Fsp3) is 0.750. The number of hydrogen-bond acceptors (Lipinski definition) is 6. The number of unbranched alkanes of at least 4 members (excludes halogenated alkanes) is 1. The fourth-order valence-electron chi connectivity index (χ4n) is 1.70. The van der Waals surface area contributed by atoms with Crippen LogP contribution in [-0.4, -0.2) is 35.7 Å². The highest BCUT2D eigenvalue weighted by atomic mass is 16.4. The third-order valence-electron chi connectivity index (χ3n) is 2.71. The number of primary amides is 1. The summed E-state index contributed by atoms with van der Waals surface area (Å²) in [4.78, 5) is 12.8. The normalized spacial score (nSPS) is 12.4. The molecule has 0 aromatic carbocycles. The smallest absolute Gasteiger partial charge is 0.318 e. The molecular formula is C12H23N5O2. The highest BCUT2D eigenvalue weighted by molar-refractivity contribution is 5.78. The maximum absolute atomic E-state index is 11.1. The molecule has 1 heterocycles. The lowest BCUT2D eigenvalue weighted by Gasteiger charge is -2.17. The molecule has 0 aliphatic heterocycles. The number of aromatic nitrogens is 2. The monoisotopic (exact) mass is 269 g/mol. The lowest BCUT2D eigenvalue weighted by atomic mass is 10.3. The molecule has 1 unspecified atom stereocenters. The van der Waals surface area contributed by atoms with Crippen molar-refractivity contribution in [3.05, 3.63) is 5.89 Å². The van der Waals surface area contributed by atoms with Crippen molar-refractivity contribution in [2.45, 2.75) is 39.7 Å². The molecule has 0 bridgehead atoms. The minimum Gasteiger partial charge on any atom is -0.406 e. The predicted octanol–water partition coefficient (Wildman–Crippen LogP) is 0.832. The van der Waals surface area contributed by atoms with Crippen LogP contribution in [0.25, 0.3) is 0 Å². The van der Waals surface area contributed by atoms with Crippen molar-refractivity contribution in [2.24, 2.45) is 5.73 Å². The highest BCUT2D eigenvalue weighted by Crippen LogP contribution is 2.17. The van der Waals surface area contributed by atoms with Gasteiger partial charge in [0.2, 0.25) is 11.8 Å². The third kappa shape index (κ3) is 4.86. The van der Waals surface area contributed by atoms with E-state index in [2.05, 4.69) is 22.4 Å². The van der Waals surface area contributed by atoms with Gasteiger partial charge in [0.15, 0.2) is 0 Å². The van der Waals surface area contributed by atoms with Crippen LogP contribution in [0.5, 0.6) is 0 Å². The zero-order chi connectivity index (χ0) is 14.3. The zero-order valence-electron chi connectivity index (χ0n) is 11.8. The molecule has 0 fully saturated rings. The number of rotatable bonds is 9. The first-order valence-corrected chi connectivity index (χ1v) is 6.68. The summed E-state index contributed by atoms with van der Waals surface area (Å²) in [6.45, 7) is 7.63. The Morgan fingerprint density at radius 2 is 2.21 bits per heavy atom. The molecule has 7 heteroatoms. The molecule has 0 saturated heterocycles. The minimum atomic E-state index is -0.407. The van der Waals surface area contributed by atoms with Gasteiger partial charge in [0.1, 0.15) is 6.54 Å². The summed E-state index contributed by atoms with van der Waals surface area (Å²) in [5.74, 6) is 0.110. The Morgan fingerprint density at radius 1 is 1.47 bits per heavy atom. The van der Waals surface area contributed by atoms with Gasteiger partial charge in [-0.2, -0.15) is 0 Å². The molecule has 19 heavy (non-hydrogen) atoms. The summed E-state index contributed by atoms with van der Waals surface area (Å²) in [7, 11) is 0. The van der Waals surface area contributed by atoms with E-state index < -0.39 is 5.91 Å². The number of amides is 1. The zero-order valence-corrected chi connectivity index (χ0v) is 11.8. The molecular weight excluding hydrogens is 246 g/mol. The molecule has 0 saturated carbocycles. The standard InChI is InChI=1S/C12H23N5O2/c1-4-6-7-17(8-10(13)18)12-16-15-11(19-12)9(3)14-5-2/h9,14H,4-8H2,1-3H3,(H2,13,18). The van der Waals surface area contributed by atoms with Crippen molar-refractivity contribution in [2.75, 3.05) is 24.5 Å².